The molecule has 1 fully saturated rings. The highest BCUT2D eigenvalue weighted by Crippen LogP contribution is 2.25. The molecule has 0 bridgehead atoms. The van der Waals surface area contributed by atoms with Crippen LogP contribution in [0.5, 0.6) is 0 Å². The number of ether oxygens (including phenoxy) is 1. The Hall–Kier alpha value is -0.380. The number of hydrogen-bond donors (Lipinski definition) is 1. The predicted molar refractivity (Wildman–Crippen MR) is 73.4 cm³/mol. The summed E-state index contributed by atoms with van der Waals surface area (Å²) in [6.45, 7) is 15.6. The lowest BCUT2D eigenvalue weighted by atomic mass is 9.86. The highest BCUT2D eigenvalue weighted by atomic mass is 16.5. The van der Waals surface area contributed by atoms with Gasteiger partial charge in [-0.15, -0.1) is 6.58 Å². The van der Waals surface area contributed by atoms with Crippen LogP contribution in [-0.4, -0.2) is 49.3 Å². The molecule has 1 aliphatic rings. The summed E-state index contributed by atoms with van der Waals surface area (Å²) in [7, 11) is 0. The van der Waals surface area contributed by atoms with Crippen molar-refractivity contribution in [1.82, 2.24) is 10.2 Å². The lowest BCUT2D eigenvalue weighted by molar-refractivity contribution is -0.0261. The van der Waals surface area contributed by atoms with Gasteiger partial charge in [-0.3, -0.25) is 4.90 Å². The monoisotopic (exact) mass is 240 g/mol. The summed E-state index contributed by atoms with van der Waals surface area (Å²) >= 11 is 0. The van der Waals surface area contributed by atoms with E-state index in [1.165, 1.54) is 0 Å². The van der Waals surface area contributed by atoms with Gasteiger partial charge in [0.05, 0.1) is 13.2 Å². The van der Waals surface area contributed by atoms with E-state index in [9.17, 15) is 0 Å². The van der Waals surface area contributed by atoms with Gasteiger partial charge in [0.15, 0.2) is 0 Å². The van der Waals surface area contributed by atoms with Crippen LogP contribution in [0.25, 0.3) is 0 Å². The van der Waals surface area contributed by atoms with E-state index in [2.05, 4.69) is 43.6 Å². The van der Waals surface area contributed by atoms with E-state index in [-0.39, 0.29) is 5.54 Å². The van der Waals surface area contributed by atoms with Crippen LogP contribution in [-0.2, 0) is 4.74 Å². The van der Waals surface area contributed by atoms with Gasteiger partial charge in [0, 0.05) is 24.7 Å². The molecule has 3 heteroatoms. The minimum atomic E-state index is 0.153. The number of nitrogens with one attached hydrogen (secondary N) is 1. The van der Waals surface area contributed by atoms with Crippen LogP contribution in [0.15, 0.2) is 12.7 Å². The van der Waals surface area contributed by atoms with E-state index in [0.29, 0.717) is 6.04 Å². The first-order valence-electron chi connectivity index (χ1n) is 6.87. The number of nitrogens with zero attached hydrogens (tertiary/aromatic N) is 1. The Labute approximate surface area is 106 Å². The van der Waals surface area contributed by atoms with E-state index < -0.39 is 0 Å². The second-order valence-electron chi connectivity index (χ2n) is 4.98. The van der Waals surface area contributed by atoms with Crippen molar-refractivity contribution in [1.29, 1.82) is 0 Å². The van der Waals surface area contributed by atoms with Crippen molar-refractivity contribution in [2.45, 2.75) is 45.2 Å². The van der Waals surface area contributed by atoms with Gasteiger partial charge in [-0.25, -0.2) is 0 Å². The topological polar surface area (TPSA) is 24.5 Å². The molecule has 3 nitrogen and oxygen atoms in total. The van der Waals surface area contributed by atoms with Gasteiger partial charge in [0.1, 0.15) is 0 Å². The maximum atomic E-state index is 5.45. The van der Waals surface area contributed by atoms with Crippen molar-refractivity contribution in [2.75, 3.05) is 32.8 Å². The molecule has 0 saturated carbocycles. The van der Waals surface area contributed by atoms with Gasteiger partial charge in [-0.05, 0) is 26.3 Å². The van der Waals surface area contributed by atoms with E-state index in [4.69, 9.17) is 4.74 Å². The molecule has 1 heterocycles. The Morgan fingerprint density at radius 2 is 2.06 bits per heavy atom. The molecule has 2 atom stereocenters. The molecule has 1 N–H and O–H groups in total. The normalized spacial score (nSPS) is 23.0. The SMILES string of the molecule is C=CC(NCCC)C(C)(CC)N1CCOCC1. The van der Waals surface area contributed by atoms with E-state index in [0.717, 1.165) is 45.7 Å². The van der Waals surface area contributed by atoms with Crippen LogP contribution in [0.1, 0.15) is 33.6 Å². The Bertz CT molecular complexity index is 226. The summed E-state index contributed by atoms with van der Waals surface area (Å²) in [5.74, 6) is 0. The fourth-order valence-corrected chi connectivity index (χ4v) is 2.57. The first-order valence-corrected chi connectivity index (χ1v) is 6.87. The second-order valence-corrected chi connectivity index (χ2v) is 4.98. The van der Waals surface area contributed by atoms with Gasteiger partial charge in [0.25, 0.3) is 0 Å². The maximum Gasteiger partial charge on any atom is 0.0594 e. The second kappa shape index (κ2) is 7.14. The minimum Gasteiger partial charge on any atom is -0.379 e. The Morgan fingerprint density at radius 3 is 2.53 bits per heavy atom. The first kappa shape index (κ1) is 14.7. The lowest BCUT2D eigenvalue weighted by Gasteiger charge is -2.47. The smallest absolute Gasteiger partial charge is 0.0594 e. The van der Waals surface area contributed by atoms with Gasteiger partial charge in [-0.1, -0.05) is 19.9 Å². The summed E-state index contributed by atoms with van der Waals surface area (Å²) < 4.78 is 5.45. The molecule has 0 aromatic rings. The number of hydrogen-bond acceptors (Lipinski definition) is 3. The van der Waals surface area contributed by atoms with Crippen LogP contribution in [0.2, 0.25) is 0 Å². The van der Waals surface area contributed by atoms with Gasteiger partial charge >= 0.3 is 0 Å². The highest BCUT2D eigenvalue weighted by Gasteiger charge is 2.36. The molecular weight excluding hydrogens is 212 g/mol. The lowest BCUT2D eigenvalue weighted by Crippen LogP contribution is -2.61. The zero-order valence-corrected chi connectivity index (χ0v) is 11.7. The van der Waals surface area contributed by atoms with Crippen molar-refractivity contribution >= 4 is 0 Å². The third-order valence-electron chi connectivity index (χ3n) is 3.97. The summed E-state index contributed by atoms with van der Waals surface area (Å²) in [6.07, 6.45) is 4.35. The van der Waals surface area contributed by atoms with Crippen molar-refractivity contribution in [3.63, 3.8) is 0 Å². The van der Waals surface area contributed by atoms with Gasteiger partial charge < -0.3 is 10.1 Å². The fraction of sp³-hybridized carbons (Fsp3) is 0.857. The molecule has 0 aromatic carbocycles. The number of rotatable bonds is 7. The van der Waals surface area contributed by atoms with Crippen molar-refractivity contribution < 1.29 is 4.74 Å². The summed E-state index contributed by atoms with van der Waals surface area (Å²) in [5.41, 5.74) is 0.153. The number of morpholine rings is 1. The van der Waals surface area contributed by atoms with Crippen LogP contribution in [0, 0.1) is 0 Å². The molecule has 1 saturated heterocycles. The molecule has 100 valence electrons. The Kier molecular flexibility index (Phi) is 6.17. The van der Waals surface area contributed by atoms with E-state index >= 15 is 0 Å². The van der Waals surface area contributed by atoms with E-state index in [1.54, 1.807) is 0 Å². The summed E-state index contributed by atoms with van der Waals surface area (Å²) in [5, 5.41) is 3.61. The third-order valence-corrected chi connectivity index (χ3v) is 3.97. The molecular formula is C14H28N2O. The zero-order chi connectivity index (χ0) is 12.7. The van der Waals surface area contributed by atoms with Crippen LogP contribution >= 0.6 is 0 Å². The summed E-state index contributed by atoms with van der Waals surface area (Å²) in [4.78, 5) is 2.55. The molecule has 0 aliphatic carbocycles. The molecule has 2 unspecified atom stereocenters. The van der Waals surface area contributed by atoms with E-state index in [1.807, 2.05) is 0 Å². The molecule has 17 heavy (non-hydrogen) atoms. The molecule has 1 rings (SSSR count). The molecule has 0 spiro atoms. The van der Waals surface area contributed by atoms with Crippen LogP contribution in [0.4, 0.5) is 0 Å². The molecule has 0 amide bonds. The average Bonchev–Trinajstić information content (AvgIpc) is 2.40. The maximum absolute atomic E-state index is 5.45. The third kappa shape index (κ3) is 3.54. The Balaban J connectivity index is 2.71. The summed E-state index contributed by atoms with van der Waals surface area (Å²) in [6, 6.07) is 0.352. The fourth-order valence-electron chi connectivity index (χ4n) is 2.57. The van der Waals surface area contributed by atoms with Crippen molar-refractivity contribution in [3.8, 4) is 0 Å². The predicted octanol–water partition coefficient (Wildman–Crippen LogP) is 2.04. The molecule has 0 aromatic heterocycles. The minimum absolute atomic E-state index is 0.153. The highest BCUT2D eigenvalue weighted by molar-refractivity contribution is 5.05. The molecule has 0 radical (unpaired) electrons. The van der Waals surface area contributed by atoms with Gasteiger partial charge in [0.2, 0.25) is 0 Å². The zero-order valence-electron chi connectivity index (χ0n) is 11.7. The molecule has 1 aliphatic heterocycles. The van der Waals surface area contributed by atoms with Crippen molar-refractivity contribution in [2.24, 2.45) is 0 Å². The standard InChI is InChI=1S/C14H28N2O/c1-5-8-15-13(6-2)14(4,7-3)16-9-11-17-12-10-16/h6,13,15H,2,5,7-12H2,1,3-4H3. The van der Waals surface area contributed by atoms with Crippen LogP contribution in [0.3, 0.4) is 0 Å². The quantitative estimate of drug-likeness (QED) is 0.689. The Morgan fingerprint density at radius 1 is 1.41 bits per heavy atom. The van der Waals surface area contributed by atoms with Crippen molar-refractivity contribution in [3.05, 3.63) is 12.7 Å². The van der Waals surface area contributed by atoms with Gasteiger partial charge in [-0.2, -0.15) is 0 Å². The first-order chi connectivity index (χ1) is 8.19. The average molecular weight is 240 g/mol. The largest absolute Gasteiger partial charge is 0.379 e. The van der Waals surface area contributed by atoms with Crippen LogP contribution < -0.4 is 5.32 Å².